The molecule has 2 fully saturated rings. The molecule has 42 heavy (non-hydrogen) atoms. The number of likely N-dealkylation sites (N-methyl/N-ethyl adjacent to an activating group) is 1. The zero-order valence-corrected chi connectivity index (χ0v) is 23.8. The molecule has 12 heteroatoms. The molecule has 4 aromatic rings. The quantitative estimate of drug-likeness (QED) is 0.175. The molecule has 12 nitrogen and oxygen atoms in total. The van der Waals surface area contributed by atoms with Crippen LogP contribution in [-0.2, 0) is 4.79 Å². The molecule has 0 bridgehead atoms. The molecule has 214 valence electrons. The fourth-order valence-corrected chi connectivity index (χ4v) is 5.77. The molecule has 1 aliphatic heterocycles. The number of carbonyl (C=O) groups excluding carboxylic acids is 1. The van der Waals surface area contributed by atoms with Gasteiger partial charge in [-0.05, 0) is 61.7 Å². The number of hydrogen-bond donors (Lipinski definition) is 3. The van der Waals surface area contributed by atoms with Crippen molar-refractivity contribution in [2.45, 2.75) is 25.8 Å². The van der Waals surface area contributed by atoms with Crippen LogP contribution < -0.4 is 20.3 Å². The van der Waals surface area contributed by atoms with E-state index in [2.05, 4.69) is 42.2 Å². The second-order valence-corrected chi connectivity index (χ2v) is 10.9. The van der Waals surface area contributed by atoms with Crippen LogP contribution in [0.3, 0.4) is 0 Å². The first-order chi connectivity index (χ1) is 20.3. The highest BCUT2D eigenvalue weighted by atomic mass is 16.5. The summed E-state index contributed by atoms with van der Waals surface area (Å²) in [5, 5.41) is 9.96. The minimum Gasteiger partial charge on any atom is -0.457 e. The number of fused-ring (bicyclic) bond motifs is 1. The summed E-state index contributed by atoms with van der Waals surface area (Å²) in [7, 11) is 3.63. The summed E-state index contributed by atoms with van der Waals surface area (Å²) in [4.78, 5) is 34.1. The number of amides is 1. The van der Waals surface area contributed by atoms with Crippen molar-refractivity contribution in [1.29, 1.82) is 5.53 Å². The fraction of sp³-hybridized carbons (Fsp3) is 0.300. The summed E-state index contributed by atoms with van der Waals surface area (Å²) < 4.78 is 6.08. The van der Waals surface area contributed by atoms with E-state index in [0.717, 1.165) is 42.9 Å². The van der Waals surface area contributed by atoms with Crippen LogP contribution in [0.25, 0.3) is 11.0 Å². The van der Waals surface area contributed by atoms with Gasteiger partial charge in [-0.2, -0.15) is 5.11 Å². The fourth-order valence-electron chi connectivity index (χ4n) is 5.77. The average Bonchev–Trinajstić information content (AvgIpc) is 2.96. The first-order valence-corrected chi connectivity index (χ1v) is 13.7. The van der Waals surface area contributed by atoms with Gasteiger partial charge in [0.15, 0.2) is 5.82 Å². The van der Waals surface area contributed by atoms with Gasteiger partial charge in [-0.15, -0.1) is 0 Å². The molecular weight excluding hydrogens is 532 g/mol. The number of rotatable bonds is 9. The van der Waals surface area contributed by atoms with Gasteiger partial charge in [0, 0.05) is 50.4 Å². The number of aryl methyl sites for hydroxylation is 1. The Morgan fingerprint density at radius 1 is 1.21 bits per heavy atom. The number of carbonyl (C=O) groups is 1. The molecule has 1 aliphatic carbocycles. The lowest BCUT2D eigenvalue weighted by Crippen LogP contribution is -2.67. The van der Waals surface area contributed by atoms with Crippen molar-refractivity contribution in [2.24, 2.45) is 10.5 Å². The summed E-state index contributed by atoms with van der Waals surface area (Å²) in [6.07, 6.45) is 6.55. The number of nitrogens with zero attached hydrogens (tertiary/aromatic N) is 7. The molecule has 2 aromatic heterocycles. The first-order valence-electron chi connectivity index (χ1n) is 13.7. The third-order valence-electron chi connectivity index (χ3n) is 8.13. The Morgan fingerprint density at radius 2 is 2.02 bits per heavy atom. The maximum atomic E-state index is 11.9. The molecule has 2 aliphatic rings. The van der Waals surface area contributed by atoms with Gasteiger partial charge < -0.3 is 25.2 Å². The van der Waals surface area contributed by atoms with E-state index >= 15 is 0 Å². The molecule has 0 atom stereocenters. The number of hydrogen-bond acceptors (Lipinski definition) is 11. The van der Waals surface area contributed by atoms with Gasteiger partial charge >= 0.3 is 0 Å². The SMILES string of the molecule is C=CC(=O)N(C)C1CC2(C1)CN(c1ncc3ncnc(Nc4ccc(Oc5ccc(NC)c(N=N)c5)c(C)c4)c3n1)C2. The van der Waals surface area contributed by atoms with E-state index in [1.54, 1.807) is 24.2 Å². The van der Waals surface area contributed by atoms with Crippen LogP contribution in [0.4, 0.5) is 28.8 Å². The summed E-state index contributed by atoms with van der Waals surface area (Å²) in [6, 6.07) is 11.4. The predicted octanol–water partition coefficient (Wildman–Crippen LogP) is 5.58. The van der Waals surface area contributed by atoms with E-state index in [-0.39, 0.29) is 17.4 Å². The normalized spacial score (nSPS) is 15.5. The summed E-state index contributed by atoms with van der Waals surface area (Å²) in [5.41, 5.74) is 11.9. The third kappa shape index (κ3) is 4.95. The van der Waals surface area contributed by atoms with Gasteiger partial charge in [-0.1, -0.05) is 6.58 Å². The monoisotopic (exact) mass is 564 g/mol. The Morgan fingerprint density at radius 3 is 2.74 bits per heavy atom. The topological polar surface area (TPSA) is 145 Å². The first kappa shape index (κ1) is 27.1. The molecule has 1 saturated carbocycles. The Balaban J connectivity index is 1.15. The smallest absolute Gasteiger partial charge is 0.245 e. The Bertz CT molecular complexity index is 1690. The van der Waals surface area contributed by atoms with Gasteiger partial charge in [-0.3, -0.25) is 4.79 Å². The number of nitrogens with one attached hydrogen (secondary N) is 3. The molecule has 1 spiro atoms. The van der Waals surface area contributed by atoms with Gasteiger partial charge in [-0.25, -0.2) is 25.5 Å². The van der Waals surface area contributed by atoms with E-state index in [1.165, 1.54) is 12.4 Å². The van der Waals surface area contributed by atoms with Crippen LogP contribution in [0.1, 0.15) is 18.4 Å². The zero-order valence-electron chi connectivity index (χ0n) is 23.8. The number of aromatic nitrogens is 4. The Kier molecular flexibility index (Phi) is 6.89. The zero-order chi connectivity index (χ0) is 29.4. The van der Waals surface area contributed by atoms with Gasteiger partial charge in [0.1, 0.15) is 34.5 Å². The van der Waals surface area contributed by atoms with Crippen LogP contribution in [0, 0.1) is 17.9 Å². The molecular formula is C30H32N10O2. The predicted molar refractivity (Wildman–Crippen MR) is 161 cm³/mol. The number of anilines is 4. The number of ether oxygens (including phenoxy) is 1. The highest BCUT2D eigenvalue weighted by Crippen LogP contribution is 2.50. The number of benzene rings is 2. The minimum absolute atomic E-state index is 0.0315. The van der Waals surface area contributed by atoms with Crippen molar-refractivity contribution in [3.8, 4) is 11.5 Å². The van der Waals surface area contributed by atoms with Crippen molar-refractivity contribution in [2.75, 3.05) is 42.7 Å². The van der Waals surface area contributed by atoms with E-state index in [4.69, 9.17) is 15.3 Å². The van der Waals surface area contributed by atoms with E-state index in [0.29, 0.717) is 40.0 Å². The van der Waals surface area contributed by atoms with Crippen molar-refractivity contribution in [3.63, 3.8) is 0 Å². The van der Waals surface area contributed by atoms with Crippen LogP contribution >= 0.6 is 0 Å². The highest BCUT2D eigenvalue weighted by molar-refractivity contribution is 5.88. The van der Waals surface area contributed by atoms with Crippen LogP contribution in [0.5, 0.6) is 11.5 Å². The third-order valence-corrected chi connectivity index (χ3v) is 8.13. The van der Waals surface area contributed by atoms with Crippen LogP contribution in [0.2, 0.25) is 0 Å². The molecule has 3 heterocycles. The molecule has 3 N–H and O–H groups in total. The van der Waals surface area contributed by atoms with Crippen LogP contribution in [-0.4, -0.2) is 64.0 Å². The lowest BCUT2D eigenvalue weighted by Gasteiger charge is -2.60. The maximum Gasteiger partial charge on any atom is 0.245 e. The lowest BCUT2D eigenvalue weighted by atomic mass is 9.60. The van der Waals surface area contributed by atoms with Gasteiger partial charge in [0.2, 0.25) is 11.9 Å². The summed E-state index contributed by atoms with van der Waals surface area (Å²) in [5.74, 6) is 2.49. The molecule has 0 radical (unpaired) electrons. The lowest BCUT2D eigenvalue weighted by molar-refractivity contribution is -0.132. The molecule has 2 aromatic carbocycles. The Hall–Kier alpha value is -5.13. The van der Waals surface area contributed by atoms with E-state index < -0.39 is 0 Å². The van der Waals surface area contributed by atoms with E-state index in [9.17, 15) is 4.79 Å². The van der Waals surface area contributed by atoms with Gasteiger partial charge in [0.25, 0.3) is 0 Å². The molecule has 1 saturated heterocycles. The molecule has 1 amide bonds. The Labute approximate surface area is 243 Å². The van der Waals surface area contributed by atoms with Crippen LogP contribution in [0.15, 0.2) is 66.7 Å². The van der Waals surface area contributed by atoms with Crippen molar-refractivity contribution in [1.82, 2.24) is 24.8 Å². The highest BCUT2D eigenvalue weighted by Gasteiger charge is 2.54. The molecule has 6 rings (SSSR count). The van der Waals surface area contributed by atoms with Crippen molar-refractivity contribution < 1.29 is 9.53 Å². The second kappa shape index (κ2) is 10.7. The van der Waals surface area contributed by atoms with Gasteiger partial charge in [0.05, 0.1) is 11.9 Å². The summed E-state index contributed by atoms with van der Waals surface area (Å²) in [6.45, 7) is 7.27. The standard InChI is InChI=1S/C30H32N10O2/c1-5-26(41)39(4)20-12-30(13-20)15-40(16-30)29-33-14-24-27(37-29)28(35-17-34-24)36-19-6-9-25(18(2)10-19)42-21-7-8-22(32-3)23(11-21)38-31/h5-11,14,17,20,31-32H,1,12-13,15-16H2,2-4H3,(H,34,35,36). The molecule has 0 unspecified atom stereocenters. The maximum absolute atomic E-state index is 11.9. The largest absolute Gasteiger partial charge is 0.457 e. The minimum atomic E-state index is -0.0315. The summed E-state index contributed by atoms with van der Waals surface area (Å²) >= 11 is 0. The van der Waals surface area contributed by atoms with Crippen molar-refractivity contribution >= 4 is 45.8 Å². The van der Waals surface area contributed by atoms with E-state index in [1.807, 2.05) is 44.3 Å². The average molecular weight is 565 g/mol. The second-order valence-electron chi connectivity index (χ2n) is 10.9. The van der Waals surface area contributed by atoms with Crippen molar-refractivity contribution in [3.05, 3.63) is 67.1 Å².